The minimum Gasteiger partial charge on any atom is -0.478 e. The van der Waals surface area contributed by atoms with Crippen LogP contribution in [-0.2, 0) is 10.9 Å². The maximum Gasteiger partial charge on any atom is 0.416 e. The van der Waals surface area contributed by atoms with E-state index in [2.05, 4.69) is 4.74 Å². The van der Waals surface area contributed by atoms with Gasteiger partial charge in [-0.15, -0.1) is 0 Å². The summed E-state index contributed by atoms with van der Waals surface area (Å²) in [6.07, 6.45) is -3.58. The molecule has 1 N–H and O–H groups in total. The quantitative estimate of drug-likeness (QED) is 0.592. The number of benzene rings is 2. The molecule has 1 aliphatic rings. The predicted molar refractivity (Wildman–Crippen MR) is 99.9 cm³/mol. The minimum atomic E-state index is -4.46. The molecule has 31 heavy (non-hydrogen) atoms. The Morgan fingerprint density at radius 3 is 2.35 bits per heavy atom. The molecule has 0 aromatic heterocycles. The molecule has 0 unspecified atom stereocenters. The van der Waals surface area contributed by atoms with E-state index in [1.165, 1.54) is 18.2 Å². The van der Waals surface area contributed by atoms with Gasteiger partial charge in [-0.3, -0.25) is 0 Å². The Hall–Kier alpha value is -2.75. The van der Waals surface area contributed by atoms with Gasteiger partial charge in [0.15, 0.2) is 0 Å². The number of rotatable bonds is 6. The molecule has 1 heterocycles. The summed E-state index contributed by atoms with van der Waals surface area (Å²) in [6.45, 7) is -3.10. The molecule has 0 saturated carbocycles. The first-order valence-electron chi connectivity index (χ1n) is 9.42. The van der Waals surface area contributed by atoms with Gasteiger partial charge in [0, 0.05) is 18.2 Å². The van der Waals surface area contributed by atoms with Crippen molar-refractivity contribution in [1.82, 2.24) is 0 Å². The highest BCUT2D eigenvalue weighted by Gasteiger charge is 2.33. The molecule has 1 saturated heterocycles. The molecule has 2 aromatic rings. The van der Waals surface area contributed by atoms with Crippen molar-refractivity contribution in [1.29, 1.82) is 0 Å². The van der Waals surface area contributed by atoms with Gasteiger partial charge in [-0.05, 0) is 48.7 Å². The average molecular weight is 447 g/mol. The highest BCUT2D eigenvalue weighted by molar-refractivity contribution is 5.88. The zero-order chi connectivity index (χ0) is 22.8. The lowest BCUT2D eigenvalue weighted by molar-refractivity contribution is -0.137. The van der Waals surface area contributed by atoms with E-state index in [1.807, 2.05) is 0 Å². The Bertz CT molecular complexity index is 916. The predicted octanol–water partition coefficient (Wildman–Crippen LogP) is 5.53. The first kappa shape index (κ1) is 22.9. The molecule has 0 spiro atoms. The van der Waals surface area contributed by atoms with Crippen LogP contribution in [-0.4, -0.2) is 36.9 Å². The van der Waals surface area contributed by atoms with Crippen LogP contribution in [0.4, 0.5) is 32.0 Å². The van der Waals surface area contributed by atoms with E-state index in [-0.39, 0.29) is 24.8 Å². The van der Waals surface area contributed by atoms with E-state index >= 15 is 0 Å². The number of carboxylic acids is 1. The zero-order valence-electron chi connectivity index (χ0n) is 16.1. The van der Waals surface area contributed by atoms with Crippen molar-refractivity contribution >= 4 is 11.7 Å². The van der Waals surface area contributed by atoms with Gasteiger partial charge >= 0.3 is 18.8 Å². The van der Waals surface area contributed by atoms with Crippen molar-refractivity contribution in [2.45, 2.75) is 37.6 Å². The van der Waals surface area contributed by atoms with Crippen LogP contribution in [0.2, 0.25) is 0 Å². The lowest BCUT2D eigenvalue weighted by Crippen LogP contribution is -2.45. The third-order valence-corrected chi connectivity index (χ3v) is 5.34. The lowest BCUT2D eigenvalue weighted by atomic mass is 9.86. The van der Waals surface area contributed by atoms with Crippen molar-refractivity contribution in [2.75, 3.05) is 18.1 Å². The van der Waals surface area contributed by atoms with Gasteiger partial charge in [-0.25, -0.2) is 9.18 Å². The molecular formula is C21H19F6NO3. The number of ether oxygens (including phenoxy) is 1. The van der Waals surface area contributed by atoms with Crippen LogP contribution in [0.15, 0.2) is 42.5 Å². The standard InChI is InChI=1S/C21H19F6NO3/c22-18-9-15(7-8-17(18)19(29)30)28-10-13(3-6-16(28)11-31-20(23)24)12-1-4-14(5-2-12)21(25,26)27/h1-2,4-5,7-9,13,16,20H,3,6,10-11H2,(H,29,30)/t13-,16+/m1/s1. The number of piperidine rings is 1. The summed E-state index contributed by atoms with van der Waals surface area (Å²) >= 11 is 0. The Kier molecular flexibility index (Phi) is 6.78. The van der Waals surface area contributed by atoms with Gasteiger partial charge in [0.2, 0.25) is 0 Å². The van der Waals surface area contributed by atoms with E-state index in [9.17, 15) is 31.1 Å². The van der Waals surface area contributed by atoms with Gasteiger partial charge in [0.25, 0.3) is 0 Å². The van der Waals surface area contributed by atoms with E-state index < -0.39 is 41.7 Å². The smallest absolute Gasteiger partial charge is 0.416 e. The van der Waals surface area contributed by atoms with Gasteiger partial charge in [-0.2, -0.15) is 22.0 Å². The number of anilines is 1. The molecule has 0 bridgehead atoms. The topological polar surface area (TPSA) is 49.8 Å². The summed E-state index contributed by atoms with van der Waals surface area (Å²) in [5.74, 6) is -2.65. The first-order chi connectivity index (χ1) is 14.6. The summed E-state index contributed by atoms with van der Waals surface area (Å²) < 4.78 is 82.2. The fourth-order valence-electron chi connectivity index (χ4n) is 3.77. The number of aromatic carboxylic acids is 1. The second-order valence-electron chi connectivity index (χ2n) is 7.26. The van der Waals surface area contributed by atoms with Gasteiger partial charge in [0.05, 0.1) is 23.8 Å². The number of carboxylic acid groups (broad SMARTS) is 1. The van der Waals surface area contributed by atoms with Crippen molar-refractivity contribution in [2.24, 2.45) is 0 Å². The van der Waals surface area contributed by atoms with Gasteiger partial charge in [-0.1, -0.05) is 12.1 Å². The van der Waals surface area contributed by atoms with Crippen LogP contribution >= 0.6 is 0 Å². The average Bonchev–Trinajstić information content (AvgIpc) is 2.71. The number of hydrogen-bond acceptors (Lipinski definition) is 3. The van der Waals surface area contributed by atoms with Gasteiger partial charge in [0.1, 0.15) is 5.82 Å². The van der Waals surface area contributed by atoms with Crippen LogP contribution < -0.4 is 4.90 Å². The van der Waals surface area contributed by atoms with E-state index in [1.54, 1.807) is 4.90 Å². The summed E-state index contributed by atoms with van der Waals surface area (Å²) in [7, 11) is 0. The largest absolute Gasteiger partial charge is 0.478 e. The molecular weight excluding hydrogens is 428 g/mol. The SMILES string of the molecule is O=C(O)c1ccc(N2C[C@H](c3ccc(C(F)(F)F)cc3)CC[C@H]2COC(F)F)cc1F. The third kappa shape index (κ3) is 5.49. The van der Waals surface area contributed by atoms with Crippen LogP contribution in [0.1, 0.15) is 40.2 Å². The molecule has 2 atom stereocenters. The number of halogens is 6. The van der Waals surface area contributed by atoms with Crippen molar-refractivity contribution < 1.29 is 41.0 Å². The highest BCUT2D eigenvalue weighted by atomic mass is 19.4. The number of hydrogen-bond donors (Lipinski definition) is 1. The third-order valence-electron chi connectivity index (χ3n) is 5.34. The van der Waals surface area contributed by atoms with Crippen molar-refractivity contribution in [3.63, 3.8) is 0 Å². The minimum absolute atomic E-state index is 0.217. The molecule has 1 fully saturated rings. The molecule has 168 valence electrons. The molecule has 3 rings (SSSR count). The number of carbonyl (C=O) groups is 1. The lowest BCUT2D eigenvalue weighted by Gasteiger charge is -2.41. The summed E-state index contributed by atoms with van der Waals surface area (Å²) in [6, 6.07) is 7.63. The maximum absolute atomic E-state index is 14.2. The second kappa shape index (κ2) is 9.17. The normalized spacial score (nSPS) is 19.6. The Balaban J connectivity index is 1.86. The molecule has 0 aliphatic carbocycles. The molecule has 10 heteroatoms. The molecule has 1 aliphatic heterocycles. The molecule has 0 amide bonds. The van der Waals surface area contributed by atoms with E-state index in [0.717, 1.165) is 24.3 Å². The Labute approximate surface area is 174 Å². The van der Waals surface area contributed by atoms with Crippen LogP contribution in [0, 0.1) is 5.82 Å². The summed E-state index contributed by atoms with van der Waals surface area (Å²) in [5.41, 5.74) is -0.394. The Morgan fingerprint density at radius 1 is 1.13 bits per heavy atom. The number of alkyl halides is 5. The summed E-state index contributed by atoms with van der Waals surface area (Å²) in [4.78, 5) is 12.7. The van der Waals surface area contributed by atoms with E-state index in [4.69, 9.17) is 5.11 Å². The zero-order valence-corrected chi connectivity index (χ0v) is 16.1. The Morgan fingerprint density at radius 2 is 1.81 bits per heavy atom. The maximum atomic E-state index is 14.2. The molecule has 0 radical (unpaired) electrons. The van der Waals surface area contributed by atoms with Crippen LogP contribution in [0.3, 0.4) is 0 Å². The second-order valence-corrected chi connectivity index (χ2v) is 7.26. The first-order valence-corrected chi connectivity index (χ1v) is 9.42. The van der Waals surface area contributed by atoms with Crippen LogP contribution in [0.25, 0.3) is 0 Å². The van der Waals surface area contributed by atoms with Crippen LogP contribution in [0.5, 0.6) is 0 Å². The fourth-order valence-corrected chi connectivity index (χ4v) is 3.77. The van der Waals surface area contributed by atoms with Crippen molar-refractivity contribution in [3.8, 4) is 0 Å². The summed E-state index contributed by atoms with van der Waals surface area (Å²) in [5, 5.41) is 9.00. The molecule has 4 nitrogen and oxygen atoms in total. The highest BCUT2D eigenvalue weighted by Crippen LogP contribution is 2.36. The fraction of sp³-hybridized carbons (Fsp3) is 0.381. The van der Waals surface area contributed by atoms with Gasteiger partial charge < -0.3 is 14.7 Å². The van der Waals surface area contributed by atoms with Crippen molar-refractivity contribution in [3.05, 3.63) is 65.0 Å². The monoisotopic (exact) mass is 447 g/mol. The molecule has 2 aromatic carbocycles. The van der Waals surface area contributed by atoms with E-state index in [0.29, 0.717) is 18.4 Å². The number of nitrogens with zero attached hydrogens (tertiary/aromatic N) is 1.